The highest BCUT2D eigenvalue weighted by atomic mass is 16.4. The van der Waals surface area contributed by atoms with Gasteiger partial charge in [-0.25, -0.2) is 0 Å². The molecule has 0 spiro atoms. The number of aromatic nitrogens is 1. The lowest BCUT2D eigenvalue weighted by atomic mass is 10.0. The summed E-state index contributed by atoms with van der Waals surface area (Å²) in [5.41, 5.74) is 1.22. The number of hydrogen-bond acceptors (Lipinski definition) is 4. The van der Waals surface area contributed by atoms with Crippen LogP contribution < -0.4 is 5.56 Å². The number of carbonyl (C=O) groups is 1. The van der Waals surface area contributed by atoms with E-state index >= 15 is 0 Å². The van der Waals surface area contributed by atoms with Gasteiger partial charge in [0.15, 0.2) is 5.76 Å². The van der Waals surface area contributed by atoms with Crippen LogP contribution in [0.15, 0.2) is 88.2 Å². The number of amides is 1. The first-order chi connectivity index (χ1) is 15.7. The Morgan fingerprint density at radius 3 is 2.44 bits per heavy atom. The third-order valence-electron chi connectivity index (χ3n) is 6.03. The first-order valence-electron chi connectivity index (χ1n) is 10.9. The van der Waals surface area contributed by atoms with Crippen molar-refractivity contribution in [1.82, 2.24) is 14.4 Å². The van der Waals surface area contributed by atoms with Crippen molar-refractivity contribution in [1.29, 1.82) is 0 Å². The van der Waals surface area contributed by atoms with Gasteiger partial charge < -0.3 is 13.9 Å². The Morgan fingerprint density at radius 1 is 0.812 bits per heavy atom. The fourth-order valence-electron chi connectivity index (χ4n) is 4.27. The minimum atomic E-state index is -0.0981. The minimum absolute atomic E-state index is 0.0959. The van der Waals surface area contributed by atoms with Crippen LogP contribution >= 0.6 is 0 Å². The van der Waals surface area contributed by atoms with E-state index in [2.05, 4.69) is 47.4 Å². The van der Waals surface area contributed by atoms with Crippen LogP contribution in [-0.2, 0) is 13.1 Å². The molecule has 0 aliphatic carbocycles. The fourth-order valence-corrected chi connectivity index (χ4v) is 4.27. The summed E-state index contributed by atoms with van der Waals surface area (Å²) in [5.74, 6) is 0.823. The van der Waals surface area contributed by atoms with Crippen molar-refractivity contribution in [2.24, 2.45) is 0 Å². The number of piperazine rings is 1. The number of furan rings is 1. The first kappa shape index (κ1) is 20.3. The van der Waals surface area contributed by atoms with Crippen LogP contribution in [0, 0.1) is 0 Å². The van der Waals surface area contributed by atoms with Crippen molar-refractivity contribution >= 4 is 16.7 Å². The highest BCUT2D eigenvalue weighted by Gasteiger charge is 2.24. The maximum atomic E-state index is 12.9. The Morgan fingerprint density at radius 2 is 1.59 bits per heavy atom. The molecule has 6 nitrogen and oxygen atoms in total. The third-order valence-corrected chi connectivity index (χ3v) is 6.03. The summed E-state index contributed by atoms with van der Waals surface area (Å²) in [4.78, 5) is 29.0. The molecule has 1 aliphatic rings. The Labute approximate surface area is 186 Å². The van der Waals surface area contributed by atoms with Crippen LogP contribution in [0.3, 0.4) is 0 Å². The number of pyridine rings is 1. The van der Waals surface area contributed by atoms with Gasteiger partial charge in [0.1, 0.15) is 5.76 Å². The standard InChI is InChI=1S/C26H25N3O3/c30-25-10-3-4-13-29(25)19-22-11-12-24(32-22)26(31)28-16-14-27(15-17-28)18-21-8-5-7-20-6-1-2-9-23(20)21/h1-13H,14-19H2. The van der Waals surface area contributed by atoms with Crippen molar-refractivity contribution in [3.63, 3.8) is 0 Å². The van der Waals surface area contributed by atoms with Crippen molar-refractivity contribution in [3.8, 4) is 0 Å². The second-order valence-corrected chi connectivity index (χ2v) is 8.14. The lowest BCUT2D eigenvalue weighted by Gasteiger charge is -2.34. The molecular weight excluding hydrogens is 402 g/mol. The maximum absolute atomic E-state index is 12.9. The van der Waals surface area contributed by atoms with E-state index in [1.807, 2.05) is 4.90 Å². The molecule has 0 radical (unpaired) electrons. The number of carbonyl (C=O) groups excluding carboxylic acids is 1. The molecule has 1 fully saturated rings. The summed E-state index contributed by atoms with van der Waals surface area (Å²) in [5, 5.41) is 2.54. The van der Waals surface area contributed by atoms with Crippen LogP contribution in [0.1, 0.15) is 21.9 Å². The Balaban J connectivity index is 1.20. The SMILES string of the molecule is O=C(c1ccc(Cn2ccccc2=O)o1)N1CCN(Cc2cccc3ccccc23)CC1. The maximum Gasteiger partial charge on any atom is 0.289 e. The van der Waals surface area contributed by atoms with Crippen LogP contribution in [-0.4, -0.2) is 46.5 Å². The van der Waals surface area contributed by atoms with Gasteiger partial charge in [0.05, 0.1) is 6.54 Å². The molecule has 4 aromatic rings. The minimum Gasteiger partial charge on any atom is -0.454 e. The molecule has 1 amide bonds. The summed E-state index contributed by atoms with van der Waals surface area (Å²) < 4.78 is 7.32. The molecule has 3 heterocycles. The third kappa shape index (κ3) is 4.22. The lowest BCUT2D eigenvalue weighted by molar-refractivity contribution is 0.0596. The molecule has 0 saturated carbocycles. The summed E-state index contributed by atoms with van der Waals surface area (Å²) in [6.07, 6.45) is 1.71. The van der Waals surface area contributed by atoms with Gasteiger partial charge in [-0.2, -0.15) is 0 Å². The number of hydrogen-bond donors (Lipinski definition) is 0. The van der Waals surface area contributed by atoms with Gasteiger partial charge in [-0.15, -0.1) is 0 Å². The molecule has 2 aromatic carbocycles. The molecule has 5 rings (SSSR count). The number of nitrogens with zero attached hydrogens (tertiary/aromatic N) is 3. The van der Waals surface area contributed by atoms with Gasteiger partial charge in [-0.3, -0.25) is 14.5 Å². The van der Waals surface area contributed by atoms with Crippen molar-refractivity contribution in [2.45, 2.75) is 13.1 Å². The van der Waals surface area contributed by atoms with E-state index in [1.54, 1.807) is 35.0 Å². The predicted molar refractivity (Wildman–Crippen MR) is 124 cm³/mol. The number of benzene rings is 2. The van der Waals surface area contributed by atoms with Crippen molar-refractivity contribution < 1.29 is 9.21 Å². The average molecular weight is 428 g/mol. The first-order valence-corrected chi connectivity index (χ1v) is 10.9. The molecule has 6 heteroatoms. The summed E-state index contributed by atoms with van der Waals surface area (Å²) in [7, 11) is 0. The fraction of sp³-hybridized carbons (Fsp3) is 0.231. The zero-order valence-electron chi connectivity index (χ0n) is 17.8. The second-order valence-electron chi connectivity index (χ2n) is 8.14. The molecule has 1 saturated heterocycles. The van der Waals surface area contributed by atoms with Crippen LogP contribution in [0.5, 0.6) is 0 Å². The van der Waals surface area contributed by atoms with Crippen molar-refractivity contribution in [3.05, 3.63) is 106 Å². The van der Waals surface area contributed by atoms with E-state index in [-0.39, 0.29) is 11.5 Å². The van der Waals surface area contributed by atoms with E-state index in [9.17, 15) is 9.59 Å². The number of fused-ring (bicyclic) bond motifs is 1. The largest absolute Gasteiger partial charge is 0.454 e. The zero-order chi connectivity index (χ0) is 21.9. The van der Waals surface area contributed by atoms with Gasteiger partial charge in [0, 0.05) is 45.0 Å². The summed E-state index contributed by atoms with van der Waals surface area (Å²) in [6, 6.07) is 23.4. The van der Waals surface area contributed by atoms with E-state index in [1.165, 1.54) is 22.4 Å². The van der Waals surface area contributed by atoms with E-state index in [4.69, 9.17) is 4.42 Å². The number of rotatable bonds is 5. The lowest BCUT2D eigenvalue weighted by Crippen LogP contribution is -2.48. The zero-order valence-corrected chi connectivity index (χ0v) is 17.8. The Hall–Kier alpha value is -3.64. The Kier molecular flexibility index (Phi) is 5.60. The Bertz CT molecular complexity index is 1290. The van der Waals surface area contributed by atoms with Crippen LogP contribution in [0.25, 0.3) is 10.8 Å². The molecule has 32 heavy (non-hydrogen) atoms. The van der Waals surface area contributed by atoms with E-state index in [0.29, 0.717) is 31.2 Å². The highest BCUT2D eigenvalue weighted by Crippen LogP contribution is 2.21. The molecule has 0 bridgehead atoms. The van der Waals surface area contributed by atoms with Crippen LogP contribution in [0.2, 0.25) is 0 Å². The summed E-state index contributed by atoms with van der Waals surface area (Å²) in [6.45, 7) is 4.16. The quantitative estimate of drug-likeness (QED) is 0.488. The van der Waals surface area contributed by atoms with Gasteiger partial charge in [-0.05, 0) is 34.5 Å². The van der Waals surface area contributed by atoms with Crippen molar-refractivity contribution in [2.75, 3.05) is 26.2 Å². The topological polar surface area (TPSA) is 58.7 Å². The molecule has 1 aliphatic heterocycles. The second kappa shape index (κ2) is 8.85. The monoisotopic (exact) mass is 427 g/mol. The summed E-state index contributed by atoms with van der Waals surface area (Å²) >= 11 is 0. The molecule has 0 atom stereocenters. The van der Waals surface area contributed by atoms with Gasteiger partial charge in [0.25, 0.3) is 11.5 Å². The highest BCUT2D eigenvalue weighted by molar-refractivity contribution is 5.91. The normalized spacial score (nSPS) is 14.7. The van der Waals surface area contributed by atoms with Crippen LogP contribution in [0.4, 0.5) is 0 Å². The average Bonchev–Trinajstić information content (AvgIpc) is 3.29. The van der Waals surface area contributed by atoms with Gasteiger partial charge >= 0.3 is 0 Å². The molecule has 0 unspecified atom stereocenters. The van der Waals surface area contributed by atoms with Gasteiger partial charge in [-0.1, -0.05) is 48.5 Å². The molecule has 162 valence electrons. The predicted octanol–water partition coefficient (Wildman–Crippen LogP) is 3.60. The van der Waals surface area contributed by atoms with E-state index in [0.717, 1.165) is 19.6 Å². The smallest absolute Gasteiger partial charge is 0.289 e. The van der Waals surface area contributed by atoms with Gasteiger partial charge in [0.2, 0.25) is 0 Å². The van der Waals surface area contributed by atoms with E-state index < -0.39 is 0 Å². The molecular formula is C26H25N3O3. The molecule has 2 aromatic heterocycles. The molecule has 0 N–H and O–H groups in total.